The van der Waals surface area contributed by atoms with Crippen molar-refractivity contribution in [3.63, 3.8) is 0 Å². The van der Waals surface area contributed by atoms with E-state index < -0.39 is 0 Å². The van der Waals surface area contributed by atoms with Crippen molar-refractivity contribution in [2.24, 2.45) is 0 Å². The van der Waals surface area contributed by atoms with Crippen molar-refractivity contribution in [2.75, 3.05) is 26.6 Å². The molecule has 0 radical (unpaired) electrons. The van der Waals surface area contributed by atoms with Crippen LogP contribution in [-0.4, -0.2) is 31.3 Å². The van der Waals surface area contributed by atoms with Gasteiger partial charge in [0.15, 0.2) is 5.11 Å². The van der Waals surface area contributed by atoms with Gasteiger partial charge in [-0.25, -0.2) is 0 Å². The van der Waals surface area contributed by atoms with Crippen LogP contribution in [0, 0.1) is 13.8 Å². The molecule has 0 aliphatic carbocycles. The summed E-state index contributed by atoms with van der Waals surface area (Å²) in [4.78, 5) is 1.99. The second kappa shape index (κ2) is 8.02. The number of hydrogen-bond acceptors (Lipinski definition) is 3. The normalized spacial score (nSPS) is 10.2. The second-order valence-corrected chi connectivity index (χ2v) is 6.17. The zero-order chi connectivity index (χ0) is 17.7. The smallest absolute Gasteiger partial charge is 0.173 e. The van der Waals surface area contributed by atoms with Crippen LogP contribution in [0.25, 0.3) is 0 Å². The van der Waals surface area contributed by atoms with Crippen LogP contribution in [0.3, 0.4) is 0 Å². The first-order chi connectivity index (χ1) is 11.4. The van der Waals surface area contributed by atoms with Crippen molar-refractivity contribution in [3.05, 3.63) is 53.1 Å². The largest absolute Gasteiger partial charge is 0.497 e. The lowest BCUT2D eigenvalue weighted by Crippen LogP contribution is -2.31. The Morgan fingerprint density at radius 1 is 1.08 bits per heavy atom. The van der Waals surface area contributed by atoms with E-state index in [-0.39, 0.29) is 0 Å². The summed E-state index contributed by atoms with van der Waals surface area (Å²) in [6, 6.07) is 12.1. The highest BCUT2D eigenvalue weighted by molar-refractivity contribution is 7.80. The molecule has 5 heteroatoms. The van der Waals surface area contributed by atoms with Gasteiger partial charge >= 0.3 is 0 Å². The second-order valence-electron chi connectivity index (χ2n) is 5.78. The minimum absolute atomic E-state index is 0.643. The van der Waals surface area contributed by atoms with Gasteiger partial charge in [0.25, 0.3) is 0 Å². The van der Waals surface area contributed by atoms with E-state index in [0.29, 0.717) is 11.7 Å². The van der Waals surface area contributed by atoms with E-state index in [2.05, 4.69) is 37.4 Å². The van der Waals surface area contributed by atoms with Gasteiger partial charge in [-0.1, -0.05) is 17.7 Å². The summed E-state index contributed by atoms with van der Waals surface area (Å²) in [5, 5.41) is 3.98. The molecule has 0 aliphatic rings. The first-order valence-corrected chi connectivity index (χ1v) is 8.15. The lowest BCUT2D eigenvalue weighted by Gasteiger charge is -2.23. The average Bonchev–Trinajstić information content (AvgIpc) is 2.57. The minimum Gasteiger partial charge on any atom is -0.497 e. The first kappa shape index (κ1) is 18.1. The van der Waals surface area contributed by atoms with Gasteiger partial charge in [0.2, 0.25) is 0 Å². The Morgan fingerprint density at radius 2 is 1.83 bits per heavy atom. The van der Waals surface area contributed by atoms with E-state index in [0.717, 1.165) is 22.7 Å². The molecule has 128 valence electrons. The molecule has 0 amide bonds. The Labute approximate surface area is 149 Å². The molecule has 0 unspecified atom stereocenters. The van der Waals surface area contributed by atoms with Crippen molar-refractivity contribution in [2.45, 2.75) is 20.4 Å². The Kier molecular flexibility index (Phi) is 6.04. The van der Waals surface area contributed by atoms with Crippen LogP contribution in [-0.2, 0) is 6.54 Å². The third-order valence-corrected chi connectivity index (χ3v) is 4.29. The fourth-order valence-electron chi connectivity index (χ4n) is 2.47. The fraction of sp³-hybridized carbons (Fsp3) is 0.316. The van der Waals surface area contributed by atoms with Gasteiger partial charge in [0.1, 0.15) is 11.5 Å². The molecule has 0 fully saturated rings. The maximum absolute atomic E-state index is 5.53. The summed E-state index contributed by atoms with van der Waals surface area (Å²) in [5.41, 5.74) is 4.48. The highest BCUT2D eigenvalue weighted by atomic mass is 32.1. The number of anilines is 1. The molecule has 4 nitrogen and oxygen atoms in total. The number of thiocarbonyl (C=S) groups is 1. The third kappa shape index (κ3) is 4.38. The van der Waals surface area contributed by atoms with E-state index in [9.17, 15) is 0 Å². The highest BCUT2D eigenvalue weighted by Gasteiger charge is 2.11. The summed E-state index contributed by atoms with van der Waals surface area (Å²) in [6.07, 6.45) is 0. The number of benzene rings is 2. The van der Waals surface area contributed by atoms with Crippen LogP contribution < -0.4 is 14.8 Å². The van der Waals surface area contributed by atoms with Crippen molar-refractivity contribution in [1.29, 1.82) is 0 Å². The topological polar surface area (TPSA) is 33.7 Å². The monoisotopic (exact) mass is 344 g/mol. The van der Waals surface area contributed by atoms with Crippen molar-refractivity contribution in [1.82, 2.24) is 4.90 Å². The van der Waals surface area contributed by atoms with Crippen LogP contribution in [0.15, 0.2) is 36.4 Å². The van der Waals surface area contributed by atoms with Gasteiger partial charge in [0.05, 0.1) is 14.2 Å². The highest BCUT2D eigenvalue weighted by Crippen LogP contribution is 2.26. The Morgan fingerprint density at radius 3 is 2.46 bits per heavy atom. The molecule has 0 heterocycles. The Balaban J connectivity index is 2.08. The molecule has 0 atom stereocenters. The van der Waals surface area contributed by atoms with Crippen LogP contribution in [0.5, 0.6) is 11.5 Å². The van der Waals surface area contributed by atoms with Gasteiger partial charge in [-0.05, 0) is 49.8 Å². The van der Waals surface area contributed by atoms with Gasteiger partial charge in [0, 0.05) is 30.9 Å². The average molecular weight is 344 g/mol. The predicted molar refractivity (Wildman–Crippen MR) is 103 cm³/mol. The SMILES string of the molecule is COc1ccc(CN(C)C(=S)Nc2ccc(C)cc2C)c(OC)c1. The third-order valence-electron chi connectivity index (χ3n) is 3.87. The summed E-state index contributed by atoms with van der Waals surface area (Å²) in [7, 11) is 5.26. The standard InChI is InChI=1S/C19H24N2O2S/c1-13-6-9-17(14(2)10-13)20-19(24)21(3)12-15-7-8-16(22-4)11-18(15)23-5/h6-11H,12H2,1-5H3,(H,20,24). The molecule has 2 aromatic carbocycles. The number of ether oxygens (including phenoxy) is 2. The molecule has 0 saturated carbocycles. The summed E-state index contributed by atoms with van der Waals surface area (Å²) in [6.45, 7) is 4.80. The first-order valence-electron chi connectivity index (χ1n) is 7.75. The summed E-state index contributed by atoms with van der Waals surface area (Å²) in [5.74, 6) is 1.56. The summed E-state index contributed by atoms with van der Waals surface area (Å²) >= 11 is 5.53. The zero-order valence-electron chi connectivity index (χ0n) is 14.8. The van der Waals surface area contributed by atoms with Crippen molar-refractivity contribution < 1.29 is 9.47 Å². The predicted octanol–water partition coefficient (Wildman–Crippen LogP) is 4.15. The minimum atomic E-state index is 0.643. The molecule has 0 saturated heterocycles. The van der Waals surface area contributed by atoms with E-state index in [1.807, 2.05) is 30.1 Å². The summed E-state index contributed by atoms with van der Waals surface area (Å²) < 4.78 is 10.7. The van der Waals surface area contributed by atoms with Gasteiger partial charge in [-0.15, -0.1) is 0 Å². The number of methoxy groups -OCH3 is 2. The number of aryl methyl sites for hydroxylation is 2. The van der Waals surface area contributed by atoms with E-state index in [1.165, 1.54) is 11.1 Å². The molecule has 2 aromatic rings. The molecule has 24 heavy (non-hydrogen) atoms. The molecular formula is C19H24N2O2S. The molecule has 2 rings (SSSR count). The van der Waals surface area contributed by atoms with Crippen LogP contribution in [0.4, 0.5) is 5.69 Å². The van der Waals surface area contributed by atoms with Gasteiger partial charge in [-0.3, -0.25) is 0 Å². The number of nitrogens with zero attached hydrogens (tertiary/aromatic N) is 1. The molecule has 1 N–H and O–H groups in total. The van der Waals surface area contributed by atoms with Gasteiger partial charge < -0.3 is 19.7 Å². The van der Waals surface area contributed by atoms with Gasteiger partial charge in [-0.2, -0.15) is 0 Å². The Bertz CT molecular complexity index is 731. The maximum Gasteiger partial charge on any atom is 0.173 e. The zero-order valence-corrected chi connectivity index (χ0v) is 15.7. The van der Waals surface area contributed by atoms with E-state index in [4.69, 9.17) is 21.7 Å². The molecule has 0 aliphatic heterocycles. The van der Waals surface area contributed by atoms with Crippen LogP contribution in [0.2, 0.25) is 0 Å². The number of rotatable bonds is 5. The fourth-order valence-corrected chi connectivity index (χ4v) is 2.65. The molecule has 0 aromatic heterocycles. The van der Waals surface area contributed by atoms with E-state index in [1.54, 1.807) is 14.2 Å². The molecule has 0 bridgehead atoms. The van der Waals surface area contributed by atoms with Crippen molar-refractivity contribution in [3.8, 4) is 11.5 Å². The molecular weight excluding hydrogens is 320 g/mol. The number of nitrogens with one attached hydrogen (secondary N) is 1. The van der Waals surface area contributed by atoms with Crippen LogP contribution in [0.1, 0.15) is 16.7 Å². The van der Waals surface area contributed by atoms with Crippen molar-refractivity contribution >= 4 is 23.0 Å². The van der Waals surface area contributed by atoms with E-state index >= 15 is 0 Å². The molecule has 0 spiro atoms. The number of hydrogen-bond donors (Lipinski definition) is 1. The lowest BCUT2D eigenvalue weighted by atomic mass is 10.1. The van der Waals surface area contributed by atoms with Crippen LogP contribution >= 0.6 is 12.2 Å². The Hall–Kier alpha value is -2.27. The quantitative estimate of drug-likeness (QED) is 0.824. The maximum atomic E-state index is 5.53. The lowest BCUT2D eigenvalue weighted by molar-refractivity contribution is 0.384.